The minimum absolute atomic E-state index is 0.128. The van der Waals surface area contributed by atoms with Crippen LogP contribution in [-0.4, -0.2) is 29.7 Å². The summed E-state index contributed by atoms with van der Waals surface area (Å²) in [5.74, 6) is 1.26. The highest BCUT2D eigenvalue weighted by Gasteiger charge is 2.21. The van der Waals surface area contributed by atoms with Gasteiger partial charge in [-0.15, -0.1) is 11.3 Å². The Morgan fingerprint density at radius 2 is 2.00 bits per heavy atom. The van der Waals surface area contributed by atoms with E-state index in [9.17, 15) is 4.79 Å². The van der Waals surface area contributed by atoms with Gasteiger partial charge in [-0.05, 0) is 39.0 Å². The number of thiazole rings is 1. The third-order valence-electron chi connectivity index (χ3n) is 4.54. The quantitative estimate of drug-likeness (QED) is 0.695. The number of amides is 1. The van der Waals surface area contributed by atoms with E-state index < -0.39 is 0 Å². The molecule has 0 saturated carbocycles. The molecule has 7 heteroatoms. The molecular weight excluding hydrogens is 362 g/mol. The first-order chi connectivity index (χ1) is 13.0. The normalized spacial score (nSPS) is 11.9. The molecule has 6 nitrogen and oxygen atoms in total. The Labute approximate surface area is 162 Å². The summed E-state index contributed by atoms with van der Waals surface area (Å²) >= 11 is 1.54. The number of benzene rings is 1. The molecule has 0 bridgehead atoms. The Morgan fingerprint density at radius 3 is 2.63 bits per heavy atom. The summed E-state index contributed by atoms with van der Waals surface area (Å²) in [6.45, 7) is 5.84. The van der Waals surface area contributed by atoms with Gasteiger partial charge in [-0.1, -0.05) is 0 Å². The smallest absolute Gasteiger partial charge is 0.253 e. The summed E-state index contributed by atoms with van der Waals surface area (Å²) in [6, 6.07) is 7.24. The van der Waals surface area contributed by atoms with Gasteiger partial charge in [-0.2, -0.15) is 0 Å². The molecule has 2 heterocycles. The molecule has 3 aromatic rings. The van der Waals surface area contributed by atoms with Crippen LogP contribution in [0.2, 0.25) is 0 Å². The molecule has 2 aromatic heterocycles. The first-order valence-electron chi connectivity index (χ1n) is 8.57. The Balaban J connectivity index is 1.85. The Morgan fingerprint density at radius 1 is 1.22 bits per heavy atom. The lowest BCUT2D eigenvalue weighted by atomic mass is 10.1. The van der Waals surface area contributed by atoms with Gasteiger partial charge in [0.15, 0.2) is 5.13 Å². The van der Waals surface area contributed by atoms with Crippen molar-refractivity contribution in [3.8, 4) is 16.6 Å². The molecule has 1 unspecified atom stereocenters. The van der Waals surface area contributed by atoms with Crippen molar-refractivity contribution in [1.82, 2.24) is 14.9 Å². The van der Waals surface area contributed by atoms with Crippen LogP contribution in [0.25, 0.3) is 5.13 Å². The van der Waals surface area contributed by atoms with E-state index in [4.69, 9.17) is 9.47 Å². The van der Waals surface area contributed by atoms with Crippen LogP contribution in [0.15, 0.2) is 35.8 Å². The minimum Gasteiger partial charge on any atom is -0.497 e. The van der Waals surface area contributed by atoms with Crippen LogP contribution in [0.5, 0.6) is 11.5 Å². The minimum atomic E-state index is -0.221. The van der Waals surface area contributed by atoms with E-state index in [0.29, 0.717) is 17.1 Å². The number of hydrogen-bond acceptors (Lipinski definition) is 5. The van der Waals surface area contributed by atoms with Crippen molar-refractivity contribution >= 4 is 17.2 Å². The van der Waals surface area contributed by atoms with Crippen molar-refractivity contribution < 1.29 is 14.3 Å². The van der Waals surface area contributed by atoms with Crippen molar-refractivity contribution in [3.63, 3.8) is 0 Å². The van der Waals surface area contributed by atoms with Gasteiger partial charge < -0.3 is 14.8 Å². The van der Waals surface area contributed by atoms with Gasteiger partial charge in [0.25, 0.3) is 5.91 Å². The molecule has 0 saturated heterocycles. The average molecular weight is 385 g/mol. The zero-order chi connectivity index (χ0) is 19.6. The fourth-order valence-corrected chi connectivity index (χ4v) is 3.89. The van der Waals surface area contributed by atoms with Gasteiger partial charge in [0.05, 0.1) is 25.8 Å². The highest BCUT2D eigenvalue weighted by molar-refractivity contribution is 7.12. The number of aromatic nitrogens is 2. The largest absolute Gasteiger partial charge is 0.497 e. The van der Waals surface area contributed by atoms with E-state index >= 15 is 0 Å². The van der Waals surface area contributed by atoms with Crippen molar-refractivity contribution in [1.29, 1.82) is 0 Å². The molecule has 1 amide bonds. The SMILES string of the molecule is COc1ccc(C(C)NC(=O)c2cc(C)n(-c3nccs3)c2C)c(OC)c1. The molecule has 0 aliphatic carbocycles. The Hall–Kier alpha value is -2.80. The van der Waals surface area contributed by atoms with E-state index in [1.807, 2.05) is 55.0 Å². The summed E-state index contributed by atoms with van der Waals surface area (Å²) in [4.78, 5) is 17.2. The predicted molar refractivity (Wildman–Crippen MR) is 106 cm³/mol. The van der Waals surface area contributed by atoms with E-state index in [1.54, 1.807) is 31.8 Å². The molecular formula is C20H23N3O3S. The molecule has 3 rings (SSSR count). The zero-order valence-corrected chi connectivity index (χ0v) is 16.9. The van der Waals surface area contributed by atoms with Gasteiger partial charge >= 0.3 is 0 Å². The lowest BCUT2D eigenvalue weighted by molar-refractivity contribution is 0.0939. The van der Waals surface area contributed by atoms with Crippen molar-refractivity contribution in [2.45, 2.75) is 26.8 Å². The average Bonchev–Trinajstić information content (AvgIpc) is 3.28. The number of hydrogen-bond donors (Lipinski definition) is 1. The van der Waals surface area contributed by atoms with Crippen molar-refractivity contribution in [2.75, 3.05) is 14.2 Å². The van der Waals surface area contributed by atoms with Crippen LogP contribution < -0.4 is 14.8 Å². The Bertz CT molecular complexity index is 948. The number of nitrogens with zero attached hydrogens (tertiary/aromatic N) is 2. The summed E-state index contributed by atoms with van der Waals surface area (Å²) in [7, 11) is 3.21. The highest BCUT2D eigenvalue weighted by atomic mass is 32.1. The van der Waals surface area contributed by atoms with Gasteiger partial charge in [0.1, 0.15) is 11.5 Å². The molecule has 0 fully saturated rings. The van der Waals surface area contributed by atoms with Gasteiger partial charge in [0, 0.05) is 34.6 Å². The predicted octanol–water partition coefficient (Wildman–Crippen LogP) is 4.06. The number of methoxy groups -OCH3 is 2. The second-order valence-corrected chi connectivity index (χ2v) is 7.11. The van der Waals surface area contributed by atoms with Crippen molar-refractivity contribution in [2.24, 2.45) is 0 Å². The van der Waals surface area contributed by atoms with E-state index in [1.165, 1.54) is 0 Å². The summed E-state index contributed by atoms with van der Waals surface area (Å²) in [6.07, 6.45) is 1.76. The van der Waals surface area contributed by atoms with Crippen LogP contribution in [-0.2, 0) is 0 Å². The summed E-state index contributed by atoms with van der Waals surface area (Å²) in [5.41, 5.74) is 3.37. The second kappa shape index (κ2) is 7.84. The molecule has 27 heavy (non-hydrogen) atoms. The van der Waals surface area contributed by atoms with E-state index in [0.717, 1.165) is 22.1 Å². The third kappa shape index (κ3) is 3.68. The fraction of sp³-hybridized carbons (Fsp3) is 0.300. The number of ether oxygens (including phenoxy) is 2. The zero-order valence-electron chi connectivity index (χ0n) is 16.1. The molecule has 0 radical (unpaired) electrons. The van der Waals surface area contributed by atoms with Crippen LogP contribution in [0, 0.1) is 13.8 Å². The molecule has 1 atom stereocenters. The maximum absolute atomic E-state index is 12.9. The molecule has 1 aromatic carbocycles. The standard InChI is InChI=1S/C20H23N3O3S/c1-12-10-17(14(3)23(12)20-21-8-9-27-20)19(24)22-13(2)16-7-6-15(25-4)11-18(16)26-5/h6-11,13H,1-5H3,(H,22,24). The van der Waals surface area contributed by atoms with Crippen LogP contribution in [0.1, 0.15) is 40.3 Å². The first kappa shape index (κ1) is 19.0. The monoisotopic (exact) mass is 385 g/mol. The summed E-state index contributed by atoms with van der Waals surface area (Å²) < 4.78 is 12.7. The molecule has 1 N–H and O–H groups in total. The van der Waals surface area contributed by atoms with Gasteiger partial charge in [0.2, 0.25) is 0 Å². The van der Waals surface area contributed by atoms with E-state index in [2.05, 4.69) is 10.3 Å². The van der Waals surface area contributed by atoms with E-state index in [-0.39, 0.29) is 11.9 Å². The third-order valence-corrected chi connectivity index (χ3v) is 5.30. The topological polar surface area (TPSA) is 65.4 Å². The molecule has 0 aliphatic heterocycles. The van der Waals surface area contributed by atoms with Gasteiger partial charge in [-0.3, -0.25) is 9.36 Å². The number of carbonyl (C=O) groups excluding carboxylic acids is 1. The van der Waals surface area contributed by atoms with Crippen LogP contribution >= 0.6 is 11.3 Å². The Kier molecular flexibility index (Phi) is 5.51. The number of aryl methyl sites for hydroxylation is 1. The van der Waals surface area contributed by atoms with Gasteiger partial charge in [-0.25, -0.2) is 4.98 Å². The maximum Gasteiger partial charge on any atom is 0.253 e. The lowest BCUT2D eigenvalue weighted by Crippen LogP contribution is -2.27. The van der Waals surface area contributed by atoms with Crippen LogP contribution in [0.3, 0.4) is 0 Å². The molecule has 0 aliphatic rings. The second-order valence-electron chi connectivity index (χ2n) is 6.24. The highest BCUT2D eigenvalue weighted by Crippen LogP contribution is 2.30. The van der Waals surface area contributed by atoms with Crippen molar-refractivity contribution in [3.05, 3.63) is 58.4 Å². The number of rotatable bonds is 6. The maximum atomic E-state index is 12.9. The molecule has 0 spiro atoms. The molecule has 142 valence electrons. The summed E-state index contributed by atoms with van der Waals surface area (Å²) in [5, 5.41) is 5.84. The lowest BCUT2D eigenvalue weighted by Gasteiger charge is -2.18. The van der Waals surface area contributed by atoms with Crippen LogP contribution in [0.4, 0.5) is 0 Å². The number of nitrogens with one attached hydrogen (secondary N) is 1. The first-order valence-corrected chi connectivity index (χ1v) is 9.45. The fourth-order valence-electron chi connectivity index (χ4n) is 3.14. The number of carbonyl (C=O) groups is 1.